The van der Waals surface area contributed by atoms with Gasteiger partial charge in [0.25, 0.3) is 0 Å². The van der Waals surface area contributed by atoms with E-state index in [1.165, 1.54) is 5.56 Å². The van der Waals surface area contributed by atoms with E-state index in [4.69, 9.17) is 15.9 Å². The van der Waals surface area contributed by atoms with E-state index in [1.807, 2.05) is 31.2 Å². The van der Waals surface area contributed by atoms with Crippen molar-refractivity contribution < 1.29 is 4.74 Å². The molecule has 0 radical (unpaired) electrons. The van der Waals surface area contributed by atoms with Gasteiger partial charge in [-0.3, -0.25) is 5.41 Å². The van der Waals surface area contributed by atoms with Crippen LogP contribution >= 0.6 is 0 Å². The summed E-state index contributed by atoms with van der Waals surface area (Å²) in [6.07, 6.45) is 0. The smallest absolute Gasteiger partial charge is 0.127 e. The molecule has 3 N–H and O–H groups in total. The Hall–Kier alpha value is -2.29. The molecule has 0 atom stereocenters. The maximum Gasteiger partial charge on any atom is 0.127 e. The van der Waals surface area contributed by atoms with E-state index in [1.54, 1.807) is 24.3 Å². The number of nitrogens with two attached hydrogens (primary N) is 1. The summed E-state index contributed by atoms with van der Waals surface area (Å²) in [5.41, 5.74) is 7.27. The molecule has 0 aromatic heterocycles. The van der Waals surface area contributed by atoms with Crippen molar-refractivity contribution in [3.63, 3.8) is 0 Å². The normalized spacial score (nSPS) is 9.94. The lowest BCUT2D eigenvalue weighted by molar-refractivity contribution is 0.482. The zero-order valence-corrected chi connectivity index (χ0v) is 9.60. The van der Waals surface area contributed by atoms with E-state index in [-0.39, 0.29) is 5.84 Å². The standard InChI is InChI=1S/C14H14N2O/c1-10-2-6-12(7-3-10)17-13-8-4-11(5-9-13)14(15)16/h2-9H,1H3,(H3,15,16). The number of hydrogen-bond donors (Lipinski definition) is 2. The van der Waals surface area contributed by atoms with Crippen molar-refractivity contribution in [3.8, 4) is 11.5 Å². The first kappa shape index (κ1) is 11.2. The van der Waals surface area contributed by atoms with Crippen LogP contribution in [-0.2, 0) is 0 Å². The molecule has 0 spiro atoms. The van der Waals surface area contributed by atoms with E-state index in [9.17, 15) is 0 Å². The molecule has 0 aliphatic heterocycles. The third-order valence-electron chi connectivity index (χ3n) is 2.42. The number of nitrogen functional groups attached to an aromatic ring is 1. The van der Waals surface area contributed by atoms with Gasteiger partial charge in [-0.15, -0.1) is 0 Å². The third kappa shape index (κ3) is 2.84. The van der Waals surface area contributed by atoms with E-state index in [2.05, 4.69) is 0 Å². The second kappa shape index (κ2) is 4.70. The minimum absolute atomic E-state index is 0.0619. The molecular formula is C14H14N2O. The molecule has 0 aliphatic rings. The van der Waals surface area contributed by atoms with Crippen molar-refractivity contribution in [1.82, 2.24) is 0 Å². The van der Waals surface area contributed by atoms with Gasteiger partial charge in [0.05, 0.1) is 0 Å². The molecule has 0 saturated heterocycles. The molecular weight excluding hydrogens is 212 g/mol. The Kier molecular flexibility index (Phi) is 3.10. The van der Waals surface area contributed by atoms with E-state index in [0.29, 0.717) is 5.56 Å². The van der Waals surface area contributed by atoms with Crippen LogP contribution in [0, 0.1) is 12.3 Å². The quantitative estimate of drug-likeness (QED) is 0.624. The van der Waals surface area contributed by atoms with Crippen molar-refractivity contribution in [1.29, 1.82) is 5.41 Å². The van der Waals surface area contributed by atoms with Gasteiger partial charge in [0.15, 0.2) is 0 Å². The molecule has 0 heterocycles. The Balaban J connectivity index is 2.13. The fraction of sp³-hybridized carbons (Fsp3) is 0.0714. The van der Waals surface area contributed by atoms with Crippen LogP contribution < -0.4 is 10.5 Å². The number of amidine groups is 1. The molecule has 2 aromatic rings. The summed E-state index contributed by atoms with van der Waals surface area (Å²) in [5, 5.41) is 7.29. The number of hydrogen-bond acceptors (Lipinski definition) is 2. The molecule has 2 aromatic carbocycles. The Bertz CT molecular complexity index is 515. The Morgan fingerprint density at radius 1 is 0.941 bits per heavy atom. The van der Waals surface area contributed by atoms with Crippen molar-refractivity contribution >= 4 is 5.84 Å². The van der Waals surface area contributed by atoms with Gasteiger partial charge in [0.1, 0.15) is 17.3 Å². The van der Waals surface area contributed by atoms with E-state index in [0.717, 1.165) is 11.5 Å². The SMILES string of the molecule is Cc1ccc(Oc2ccc(C(=N)N)cc2)cc1. The number of aryl methyl sites for hydroxylation is 1. The lowest BCUT2D eigenvalue weighted by atomic mass is 10.2. The fourth-order valence-electron chi connectivity index (χ4n) is 1.44. The molecule has 0 bridgehead atoms. The fourth-order valence-corrected chi connectivity index (χ4v) is 1.44. The molecule has 86 valence electrons. The van der Waals surface area contributed by atoms with Gasteiger partial charge in [0, 0.05) is 5.56 Å². The predicted octanol–water partition coefficient (Wildman–Crippen LogP) is 3.07. The van der Waals surface area contributed by atoms with Gasteiger partial charge in [-0.1, -0.05) is 17.7 Å². The Morgan fingerprint density at radius 3 is 1.88 bits per heavy atom. The van der Waals surface area contributed by atoms with Gasteiger partial charge in [-0.05, 0) is 43.3 Å². The molecule has 0 saturated carbocycles. The van der Waals surface area contributed by atoms with Crippen LogP contribution in [0.25, 0.3) is 0 Å². The lowest BCUT2D eigenvalue weighted by Gasteiger charge is -2.06. The van der Waals surface area contributed by atoms with Crippen molar-refractivity contribution in [2.24, 2.45) is 5.73 Å². The van der Waals surface area contributed by atoms with Crippen LogP contribution in [-0.4, -0.2) is 5.84 Å². The van der Waals surface area contributed by atoms with Crippen molar-refractivity contribution in [2.45, 2.75) is 6.92 Å². The van der Waals surface area contributed by atoms with Crippen LogP contribution in [0.3, 0.4) is 0 Å². The van der Waals surface area contributed by atoms with Crippen LogP contribution in [0.4, 0.5) is 0 Å². The molecule has 0 amide bonds. The second-order valence-electron chi connectivity index (χ2n) is 3.85. The molecule has 2 rings (SSSR count). The monoisotopic (exact) mass is 226 g/mol. The minimum Gasteiger partial charge on any atom is -0.457 e. The molecule has 17 heavy (non-hydrogen) atoms. The minimum atomic E-state index is 0.0619. The molecule has 0 fully saturated rings. The lowest BCUT2D eigenvalue weighted by Crippen LogP contribution is -2.10. The van der Waals surface area contributed by atoms with Crippen molar-refractivity contribution in [2.75, 3.05) is 0 Å². The first-order valence-electron chi connectivity index (χ1n) is 5.34. The van der Waals surface area contributed by atoms with Gasteiger partial charge in [0.2, 0.25) is 0 Å². The van der Waals surface area contributed by atoms with Gasteiger partial charge in [-0.25, -0.2) is 0 Å². The highest BCUT2D eigenvalue weighted by molar-refractivity contribution is 5.94. The van der Waals surface area contributed by atoms with E-state index >= 15 is 0 Å². The second-order valence-corrected chi connectivity index (χ2v) is 3.85. The summed E-state index contributed by atoms with van der Waals surface area (Å²) in [5.74, 6) is 1.59. The van der Waals surface area contributed by atoms with Crippen LogP contribution in [0.1, 0.15) is 11.1 Å². The largest absolute Gasteiger partial charge is 0.457 e. The topological polar surface area (TPSA) is 59.1 Å². The zero-order chi connectivity index (χ0) is 12.3. The van der Waals surface area contributed by atoms with Gasteiger partial charge < -0.3 is 10.5 Å². The van der Waals surface area contributed by atoms with Crippen LogP contribution in [0.15, 0.2) is 48.5 Å². The first-order valence-corrected chi connectivity index (χ1v) is 5.34. The maximum atomic E-state index is 7.29. The summed E-state index contributed by atoms with van der Waals surface area (Å²) < 4.78 is 5.66. The molecule has 3 heteroatoms. The average Bonchev–Trinajstić information content (AvgIpc) is 2.33. The summed E-state index contributed by atoms with van der Waals surface area (Å²) >= 11 is 0. The summed E-state index contributed by atoms with van der Waals surface area (Å²) in [4.78, 5) is 0. The van der Waals surface area contributed by atoms with Crippen LogP contribution in [0.2, 0.25) is 0 Å². The number of rotatable bonds is 3. The number of ether oxygens (including phenoxy) is 1. The first-order chi connectivity index (χ1) is 8.15. The van der Waals surface area contributed by atoms with Crippen molar-refractivity contribution in [3.05, 3.63) is 59.7 Å². The number of nitrogens with one attached hydrogen (secondary N) is 1. The third-order valence-corrected chi connectivity index (χ3v) is 2.42. The predicted molar refractivity (Wildman–Crippen MR) is 68.7 cm³/mol. The summed E-state index contributed by atoms with van der Waals surface area (Å²) in [7, 11) is 0. The average molecular weight is 226 g/mol. The summed E-state index contributed by atoms with van der Waals surface area (Å²) in [6.45, 7) is 2.03. The van der Waals surface area contributed by atoms with Crippen LogP contribution in [0.5, 0.6) is 11.5 Å². The highest BCUT2D eigenvalue weighted by Gasteiger charge is 1.99. The molecule has 0 aliphatic carbocycles. The van der Waals surface area contributed by atoms with E-state index < -0.39 is 0 Å². The van der Waals surface area contributed by atoms with Gasteiger partial charge in [-0.2, -0.15) is 0 Å². The van der Waals surface area contributed by atoms with Gasteiger partial charge >= 0.3 is 0 Å². The summed E-state index contributed by atoms with van der Waals surface area (Å²) in [6, 6.07) is 15.0. The Morgan fingerprint density at radius 2 is 1.41 bits per heavy atom. The number of benzene rings is 2. The highest BCUT2D eigenvalue weighted by atomic mass is 16.5. The maximum absolute atomic E-state index is 7.29. The highest BCUT2D eigenvalue weighted by Crippen LogP contribution is 2.21. The molecule has 3 nitrogen and oxygen atoms in total. The Labute approximate surface area is 100 Å². The molecule has 0 unspecified atom stereocenters. The zero-order valence-electron chi connectivity index (χ0n) is 9.60.